The molecule has 1 aromatic heterocycles. The molecule has 3 atom stereocenters. The maximum Gasteiger partial charge on any atom is 0.391 e. The highest BCUT2D eigenvalue weighted by atomic mass is 32.2. The highest BCUT2D eigenvalue weighted by Gasteiger charge is 2.46. The Hall–Kier alpha value is -3.32. The normalized spacial score (nSPS) is 22.2. The highest BCUT2D eigenvalue weighted by Crippen LogP contribution is 2.48. The van der Waals surface area contributed by atoms with Crippen LogP contribution in [0.25, 0.3) is 0 Å². The molecular weight excluding hydrogens is 548 g/mol. The molecule has 13 heteroatoms. The summed E-state index contributed by atoms with van der Waals surface area (Å²) in [7, 11) is -4.48. The lowest BCUT2D eigenvalue weighted by molar-refractivity contribution is -0.192. The summed E-state index contributed by atoms with van der Waals surface area (Å²) in [5.41, 5.74) is 0.796. The van der Waals surface area contributed by atoms with Crippen LogP contribution in [0.15, 0.2) is 59.6 Å². The van der Waals surface area contributed by atoms with Crippen molar-refractivity contribution in [1.82, 2.24) is 9.88 Å². The number of alkyl halides is 3. The number of ether oxygens (including phenoxy) is 1. The lowest BCUT2D eigenvalue weighted by atomic mass is 9.84. The van der Waals surface area contributed by atoms with Crippen LogP contribution in [-0.2, 0) is 10.0 Å². The van der Waals surface area contributed by atoms with Crippen LogP contribution in [0.3, 0.4) is 0 Å². The Balaban J connectivity index is 1.48. The number of nitrogens with zero attached hydrogens (tertiary/aromatic N) is 2. The number of piperidine rings is 1. The van der Waals surface area contributed by atoms with E-state index in [1.165, 1.54) is 24.3 Å². The second kappa shape index (κ2) is 10.3. The van der Waals surface area contributed by atoms with Crippen LogP contribution in [0.5, 0.6) is 5.75 Å². The Kier molecular flexibility index (Phi) is 7.23. The number of sulfonamides is 1. The van der Waals surface area contributed by atoms with Crippen molar-refractivity contribution in [3.8, 4) is 5.75 Å². The molecule has 39 heavy (non-hydrogen) atoms. The van der Waals surface area contributed by atoms with Crippen LogP contribution in [0, 0.1) is 23.4 Å². The SMILES string of the molecule is O=S(=O)(Nc1ccc(F)cn1)c1cc2c(cc1F)[C@@H](N1CC[C@H](C(F)(F)F)C[C@@H]1c1ccc(F)cc1)CCO2. The fourth-order valence-corrected chi connectivity index (χ4v) is 6.30. The van der Waals surface area contributed by atoms with E-state index in [0.29, 0.717) is 17.5 Å². The summed E-state index contributed by atoms with van der Waals surface area (Å²) < 4.78 is 116. The predicted molar refractivity (Wildman–Crippen MR) is 129 cm³/mol. The summed E-state index contributed by atoms with van der Waals surface area (Å²) in [6.45, 7) is 0.154. The Morgan fingerprint density at radius 3 is 2.33 bits per heavy atom. The average Bonchev–Trinajstić information content (AvgIpc) is 2.89. The standard InChI is InChI=1S/C26H23F6N3O3S/c27-17-3-1-15(2-4-17)22-11-16(26(30,31)32)7-9-35(22)21-8-10-38-23-13-24(20(29)12-19(21)23)39(36,37)34-25-6-5-18(28)14-33-25/h1-6,12-14,16,21-22H,7-11H2,(H,33,34)/t16-,21-,22+/m0/s1. The number of fused-ring (bicyclic) bond motifs is 1. The maximum atomic E-state index is 15.3. The van der Waals surface area contributed by atoms with E-state index in [1.807, 2.05) is 4.90 Å². The third-order valence-electron chi connectivity index (χ3n) is 7.09. The Morgan fingerprint density at radius 1 is 0.949 bits per heavy atom. The molecule has 0 saturated carbocycles. The number of likely N-dealkylation sites (tertiary alicyclic amines) is 1. The first kappa shape index (κ1) is 27.3. The molecule has 0 radical (unpaired) electrons. The van der Waals surface area contributed by atoms with Crippen LogP contribution in [-0.4, -0.2) is 37.6 Å². The Bertz CT molecular complexity index is 1450. The van der Waals surface area contributed by atoms with Crippen molar-refractivity contribution in [2.45, 2.75) is 42.4 Å². The van der Waals surface area contributed by atoms with E-state index < -0.39 is 56.5 Å². The molecule has 0 bridgehead atoms. The molecule has 5 rings (SSSR count). The van der Waals surface area contributed by atoms with Crippen molar-refractivity contribution < 1.29 is 39.5 Å². The topological polar surface area (TPSA) is 71.5 Å². The van der Waals surface area contributed by atoms with Gasteiger partial charge in [-0.3, -0.25) is 9.62 Å². The molecule has 0 aliphatic carbocycles. The molecule has 1 N–H and O–H groups in total. The first-order valence-corrected chi connectivity index (χ1v) is 13.6. The molecule has 2 aromatic carbocycles. The van der Waals surface area contributed by atoms with Gasteiger partial charge in [-0.25, -0.2) is 26.6 Å². The van der Waals surface area contributed by atoms with Gasteiger partial charge in [0.2, 0.25) is 0 Å². The Labute approximate surface area is 220 Å². The van der Waals surface area contributed by atoms with Crippen molar-refractivity contribution in [1.29, 1.82) is 0 Å². The zero-order valence-corrected chi connectivity index (χ0v) is 21.1. The number of hydrogen-bond donors (Lipinski definition) is 1. The fourth-order valence-electron chi connectivity index (χ4n) is 5.22. The van der Waals surface area contributed by atoms with Crippen molar-refractivity contribution in [3.63, 3.8) is 0 Å². The van der Waals surface area contributed by atoms with Crippen molar-refractivity contribution in [3.05, 3.63) is 83.3 Å². The van der Waals surface area contributed by atoms with Gasteiger partial charge in [0.25, 0.3) is 10.0 Å². The number of pyridine rings is 1. The fraction of sp³-hybridized carbons (Fsp3) is 0.346. The molecule has 2 aliphatic rings. The summed E-state index contributed by atoms with van der Waals surface area (Å²) in [5.74, 6) is -4.00. The molecule has 0 amide bonds. The molecule has 1 fully saturated rings. The second-order valence-electron chi connectivity index (χ2n) is 9.51. The molecule has 1 saturated heterocycles. The molecule has 2 aliphatic heterocycles. The summed E-state index contributed by atoms with van der Waals surface area (Å²) in [5, 5.41) is 0. The maximum absolute atomic E-state index is 15.3. The smallest absolute Gasteiger partial charge is 0.391 e. The monoisotopic (exact) mass is 571 g/mol. The van der Waals surface area contributed by atoms with Gasteiger partial charge >= 0.3 is 6.18 Å². The Morgan fingerprint density at radius 2 is 1.67 bits per heavy atom. The van der Waals surface area contributed by atoms with Crippen LogP contribution in [0.2, 0.25) is 0 Å². The van der Waals surface area contributed by atoms with E-state index >= 15 is 4.39 Å². The van der Waals surface area contributed by atoms with Gasteiger partial charge in [-0.05, 0) is 55.3 Å². The minimum atomic E-state index is -4.48. The lowest BCUT2D eigenvalue weighted by Crippen LogP contribution is -2.44. The number of nitrogens with one attached hydrogen (secondary N) is 1. The van der Waals surface area contributed by atoms with E-state index in [2.05, 4.69) is 9.71 Å². The van der Waals surface area contributed by atoms with Gasteiger partial charge in [0.05, 0.1) is 18.7 Å². The highest BCUT2D eigenvalue weighted by molar-refractivity contribution is 7.92. The number of benzene rings is 2. The molecule has 208 valence electrons. The van der Waals surface area contributed by atoms with Gasteiger partial charge in [-0.2, -0.15) is 13.2 Å². The summed E-state index contributed by atoms with van der Waals surface area (Å²) >= 11 is 0. The number of hydrogen-bond acceptors (Lipinski definition) is 5. The zero-order chi connectivity index (χ0) is 27.9. The van der Waals surface area contributed by atoms with Gasteiger partial charge in [-0.1, -0.05) is 12.1 Å². The van der Waals surface area contributed by atoms with E-state index in [9.17, 15) is 30.4 Å². The summed E-state index contributed by atoms with van der Waals surface area (Å²) in [6.07, 6.45) is -3.71. The quantitative estimate of drug-likeness (QED) is 0.373. The van der Waals surface area contributed by atoms with E-state index in [0.717, 1.165) is 30.5 Å². The number of anilines is 1. The van der Waals surface area contributed by atoms with Gasteiger partial charge in [-0.15, -0.1) is 0 Å². The molecule has 3 heterocycles. The second-order valence-corrected chi connectivity index (χ2v) is 11.2. The van der Waals surface area contributed by atoms with Crippen molar-refractivity contribution >= 4 is 15.8 Å². The molecule has 6 nitrogen and oxygen atoms in total. The number of rotatable bonds is 5. The molecule has 0 spiro atoms. The average molecular weight is 572 g/mol. The lowest BCUT2D eigenvalue weighted by Gasteiger charge is -2.46. The first-order valence-electron chi connectivity index (χ1n) is 12.1. The van der Waals surface area contributed by atoms with Crippen LogP contribution < -0.4 is 9.46 Å². The van der Waals surface area contributed by atoms with Crippen LogP contribution in [0.4, 0.5) is 32.2 Å². The summed E-state index contributed by atoms with van der Waals surface area (Å²) in [4.78, 5) is 4.72. The van der Waals surface area contributed by atoms with E-state index in [1.54, 1.807) is 0 Å². The van der Waals surface area contributed by atoms with Crippen LogP contribution in [0.1, 0.15) is 42.5 Å². The molecule has 3 aromatic rings. The minimum Gasteiger partial charge on any atom is -0.493 e. The number of halogens is 6. The van der Waals surface area contributed by atoms with Crippen molar-refractivity contribution in [2.75, 3.05) is 17.9 Å². The zero-order valence-electron chi connectivity index (χ0n) is 20.3. The van der Waals surface area contributed by atoms with E-state index in [4.69, 9.17) is 4.74 Å². The minimum absolute atomic E-state index is 0.0375. The van der Waals surface area contributed by atoms with Gasteiger partial charge in [0, 0.05) is 30.1 Å². The van der Waals surface area contributed by atoms with Crippen molar-refractivity contribution in [2.24, 2.45) is 5.92 Å². The third-order valence-corrected chi connectivity index (χ3v) is 8.46. The van der Waals surface area contributed by atoms with Gasteiger partial charge in [0.15, 0.2) is 0 Å². The first-order chi connectivity index (χ1) is 18.4. The number of aromatic nitrogens is 1. The largest absolute Gasteiger partial charge is 0.493 e. The molecule has 0 unspecified atom stereocenters. The third kappa shape index (κ3) is 5.69. The van der Waals surface area contributed by atoms with Gasteiger partial charge < -0.3 is 4.74 Å². The predicted octanol–water partition coefficient (Wildman–Crippen LogP) is 6.14. The van der Waals surface area contributed by atoms with Gasteiger partial charge in [0.1, 0.15) is 33.9 Å². The van der Waals surface area contributed by atoms with E-state index in [-0.39, 0.29) is 37.6 Å². The summed E-state index contributed by atoms with van der Waals surface area (Å²) in [6, 6.07) is 8.05. The van der Waals surface area contributed by atoms with Crippen LogP contribution >= 0.6 is 0 Å². The molecular formula is C26H23F6N3O3S.